The van der Waals surface area contributed by atoms with Crippen LogP contribution in [0.4, 0.5) is 0 Å². The SMILES string of the molecule is Cc1ccccc1/C=C(\C#N)S(=O)(=O)c1ccc(Cl)cc1. The number of sulfone groups is 1. The van der Waals surface area contributed by atoms with E-state index in [2.05, 4.69) is 0 Å². The van der Waals surface area contributed by atoms with Crippen LogP contribution in [0.2, 0.25) is 5.02 Å². The molecule has 0 aliphatic heterocycles. The molecule has 106 valence electrons. The normalized spacial score (nSPS) is 12.0. The van der Waals surface area contributed by atoms with Crippen LogP contribution in [0.15, 0.2) is 58.3 Å². The Morgan fingerprint density at radius 3 is 2.33 bits per heavy atom. The number of allylic oxidation sites excluding steroid dienone is 1. The summed E-state index contributed by atoms with van der Waals surface area (Å²) in [6, 6.07) is 14.8. The molecule has 2 rings (SSSR count). The molecule has 0 heterocycles. The van der Waals surface area contributed by atoms with Crippen LogP contribution in [-0.2, 0) is 9.84 Å². The summed E-state index contributed by atoms with van der Waals surface area (Å²) in [5.74, 6) is 0. The van der Waals surface area contributed by atoms with Crippen LogP contribution in [0.1, 0.15) is 11.1 Å². The van der Waals surface area contributed by atoms with E-state index >= 15 is 0 Å². The van der Waals surface area contributed by atoms with Crippen molar-refractivity contribution < 1.29 is 8.42 Å². The number of halogens is 1. The van der Waals surface area contributed by atoms with Crippen molar-refractivity contribution in [3.63, 3.8) is 0 Å². The number of hydrogen-bond acceptors (Lipinski definition) is 3. The van der Waals surface area contributed by atoms with Gasteiger partial charge >= 0.3 is 0 Å². The molecule has 0 aliphatic rings. The predicted octanol–water partition coefficient (Wildman–Crippen LogP) is 3.99. The fraction of sp³-hybridized carbons (Fsp3) is 0.0625. The highest BCUT2D eigenvalue weighted by molar-refractivity contribution is 7.95. The van der Waals surface area contributed by atoms with E-state index in [4.69, 9.17) is 11.6 Å². The minimum atomic E-state index is -3.84. The summed E-state index contributed by atoms with van der Waals surface area (Å²) in [6.07, 6.45) is 1.39. The van der Waals surface area contributed by atoms with Gasteiger partial charge in [-0.15, -0.1) is 0 Å². The van der Waals surface area contributed by atoms with Gasteiger partial charge in [0, 0.05) is 5.02 Å². The predicted molar refractivity (Wildman–Crippen MR) is 83.4 cm³/mol. The van der Waals surface area contributed by atoms with Gasteiger partial charge in [0.25, 0.3) is 0 Å². The average Bonchev–Trinajstić information content (AvgIpc) is 2.46. The second kappa shape index (κ2) is 6.13. The maximum Gasteiger partial charge on any atom is 0.216 e. The van der Waals surface area contributed by atoms with Gasteiger partial charge in [-0.1, -0.05) is 35.9 Å². The lowest BCUT2D eigenvalue weighted by Crippen LogP contribution is -2.03. The van der Waals surface area contributed by atoms with E-state index in [1.807, 2.05) is 19.1 Å². The lowest BCUT2D eigenvalue weighted by molar-refractivity contribution is 0.603. The second-order valence-electron chi connectivity index (χ2n) is 4.43. The molecule has 21 heavy (non-hydrogen) atoms. The molecule has 0 spiro atoms. The highest BCUT2D eigenvalue weighted by Gasteiger charge is 2.20. The third-order valence-electron chi connectivity index (χ3n) is 3.00. The molecule has 0 radical (unpaired) electrons. The van der Waals surface area contributed by atoms with Gasteiger partial charge in [0.1, 0.15) is 11.0 Å². The molecule has 0 unspecified atom stereocenters. The van der Waals surface area contributed by atoms with Crippen molar-refractivity contribution in [2.45, 2.75) is 11.8 Å². The van der Waals surface area contributed by atoms with Crippen LogP contribution in [0.25, 0.3) is 6.08 Å². The molecule has 0 fully saturated rings. The van der Waals surface area contributed by atoms with Gasteiger partial charge in [-0.3, -0.25) is 0 Å². The Kier molecular flexibility index (Phi) is 4.46. The number of aryl methyl sites for hydroxylation is 1. The monoisotopic (exact) mass is 317 g/mol. The fourth-order valence-electron chi connectivity index (χ4n) is 1.80. The van der Waals surface area contributed by atoms with Crippen LogP contribution in [0, 0.1) is 18.3 Å². The summed E-state index contributed by atoms with van der Waals surface area (Å²) < 4.78 is 24.9. The average molecular weight is 318 g/mol. The number of rotatable bonds is 3. The quantitative estimate of drug-likeness (QED) is 0.804. The fourth-order valence-corrected chi connectivity index (χ4v) is 3.08. The molecule has 3 nitrogen and oxygen atoms in total. The standard InChI is InChI=1S/C16H12ClNO2S/c1-12-4-2-3-5-13(12)10-16(11-18)21(19,20)15-8-6-14(17)7-9-15/h2-10H,1H3/b16-10+. The van der Waals surface area contributed by atoms with Crippen molar-refractivity contribution in [2.24, 2.45) is 0 Å². The summed E-state index contributed by atoms with van der Waals surface area (Å²) in [5.41, 5.74) is 1.60. The van der Waals surface area contributed by atoms with Crippen LogP contribution in [0.3, 0.4) is 0 Å². The first-order valence-corrected chi connectivity index (χ1v) is 7.99. The van der Waals surface area contributed by atoms with Crippen molar-refractivity contribution in [3.8, 4) is 6.07 Å². The molecule has 5 heteroatoms. The van der Waals surface area contributed by atoms with E-state index < -0.39 is 9.84 Å². The molecular formula is C16H12ClNO2S. The smallest absolute Gasteiger partial charge is 0.216 e. The highest BCUT2D eigenvalue weighted by Crippen LogP contribution is 2.23. The van der Waals surface area contributed by atoms with E-state index in [-0.39, 0.29) is 9.80 Å². The highest BCUT2D eigenvalue weighted by atomic mass is 35.5. The van der Waals surface area contributed by atoms with Crippen LogP contribution in [-0.4, -0.2) is 8.42 Å². The van der Waals surface area contributed by atoms with E-state index in [1.165, 1.54) is 30.3 Å². The van der Waals surface area contributed by atoms with Crippen LogP contribution >= 0.6 is 11.6 Å². The van der Waals surface area contributed by atoms with E-state index in [1.54, 1.807) is 18.2 Å². The minimum absolute atomic E-state index is 0.0493. The second-order valence-corrected chi connectivity index (χ2v) is 6.79. The summed E-state index contributed by atoms with van der Waals surface area (Å²) in [6.45, 7) is 1.86. The molecule has 0 atom stereocenters. The third kappa shape index (κ3) is 3.33. The molecule has 0 saturated heterocycles. The summed E-state index contributed by atoms with van der Waals surface area (Å²) >= 11 is 5.75. The third-order valence-corrected chi connectivity index (χ3v) is 4.93. The zero-order chi connectivity index (χ0) is 15.5. The molecule has 2 aromatic rings. The van der Waals surface area contributed by atoms with Gasteiger partial charge in [-0.05, 0) is 48.4 Å². The molecule has 0 N–H and O–H groups in total. The van der Waals surface area contributed by atoms with Crippen molar-refractivity contribution in [2.75, 3.05) is 0 Å². The Morgan fingerprint density at radius 2 is 1.76 bits per heavy atom. The Morgan fingerprint density at radius 1 is 1.14 bits per heavy atom. The molecular weight excluding hydrogens is 306 g/mol. The molecule has 0 saturated carbocycles. The molecule has 0 amide bonds. The Labute approximate surface area is 129 Å². The van der Waals surface area contributed by atoms with E-state index in [0.717, 1.165) is 5.56 Å². The Bertz CT molecular complexity index is 831. The molecule has 2 aromatic carbocycles. The molecule has 0 bridgehead atoms. The van der Waals surface area contributed by atoms with E-state index in [9.17, 15) is 13.7 Å². The Balaban J connectivity index is 2.53. The maximum atomic E-state index is 12.5. The minimum Gasteiger partial charge on any atom is -0.218 e. The van der Waals surface area contributed by atoms with Crippen molar-refractivity contribution in [1.82, 2.24) is 0 Å². The summed E-state index contributed by atoms with van der Waals surface area (Å²) in [7, 11) is -3.84. The van der Waals surface area contributed by atoms with Gasteiger partial charge in [-0.25, -0.2) is 8.42 Å². The zero-order valence-corrected chi connectivity index (χ0v) is 12.8. The lowest BCUT2D eigenvalue weighted by atomic mass is 10.1. The van der Waals surface area contributed by atoms with E-state index in [0.29, 0.717) is 10.6 Å². The summed E-state index contributed by atoms with van der Waals surface area (Å²) in [4.78, 5) is -0.243. The zero-order valence-electron chi connectivity index (χ0n) is 11.2. The van der Waals surface area contributed by atoms with Crippen molar-refractivity contribution in [3.05, 3.63) is 69.6 Å². The van der Waals surface area contributed by atoms with Gasteiger partial charge in [0.05, 0.1) is 4.90 Å². The number of nitrogens with zero attached hydrogens (tertiary/aromatic N) is 1. The summed E-state index contributed by atoms with van der Waals surface area (Å²) in [5, 5.41) is 9.65. The van der Waals surface area contributed by atoms with Crippen molar-refractivity contribution >= 4 is 27.5 Å². The van der Waals surface area contributed by atoms with Crippen LogP contribution < -0.4 is 0 Å². The van der Waals surface area contributed by atoms with Crippen LogP contribution in [0.5, 0.6) is 0 Å². The molecule has 0 aromatic heterocycles. The largest absolute Gasteiger partial charge is 0.218 e. The van der Waals surface area contributed by atoms with Gasteiger partial charge in [-0.2, -0.15) is 5.26 Å². The number of hydrogen-bond donors (Lipinski definition) is 0. The first-order valence-electron chi connectivity index (χ1n) is 6.13. The topological polar surface area (TPSA) is 57.9 Å². The van der Waals surface area contributed by atoms with Gasteiger partial charge < -0.3 is 0 Å². The van der Waals surface area contributed by atoms with Gasteiger partial charge in [0.15, 0.2) is 0 Å². The first-order chi connectivity index (χ1) is 9.95. The lowest BCUT2D eigenvalue weighted by Gasteiger charge is -2.04. The molecule has 0 aliphatic carbocycles. The number of benzene rings is 2. The van der Waals surface area contributed by atoms with Crippen molar-refractivity contribution in [1.29, 1.82) is 5.26 Å². The van der Waals surface area contributed by atoms with Gasteiger partial charge in [0.2, 0.25) is 9.84 Å². The first kappa shape index (κ1) is 15.3. The Hall–Kier alpha value is -2.09. The maximum absolute atomic E-state index is 12.5. The number of nitriles is 1.